The van der Waals surface area contributed by atoms with Crippen molar-refractivity contribution in [3.63, 3.8) is 0 Å². The zero-order valence-electron chi connectivity index (χ0n) is 23.3. The van der Waals surface area contributed by atoms with E-state index >= 15 is 0 Å². The molecule has 2 aliphatic heterocycles. The molecule has 4 rings (SSSR count). The van der Waals surface area contributed by atoms with E-state index in [-0.39, 0.29) is 17.2 Å². The Morgan fingerprint density at radius 2 is 1.60 bits per heavy atom. The van der Waals surface area contributed by atoms with Gasteiger partial charge in [-0.3, -0.25) is 4.90 Å². The van der Waals surface area contributed by atoms with E-state index in [0.29, 0.717) is 34.0 Å². The summed E-state index contributed by atoms with van der Waals surface area (Å²) in [5, 5.41) is 3.74. The van der Waals surface area contributed by atoms with Gasteiger partial charge in [-0.25, -0.2) is 9.59 Å². The maximum Gasteiger partial charge on any atom is 0.336 e. The zero-order valence-corrected chi connectivity index (χ0v) is 24.8. The standard InChI is InChI=1S/C30H35Cl2N3O5/c1-19-25(29(36)39-4)27(21-9-7-10-22(31)28(21)32)26(20(2)33-19)30(37)40-18-8-13-34-14-16-35(17-15-34)23-11-5-6-12-24(23)38-3/h5-7,9-12,27,33H,8,13-18H2,1-4H3. The number of carbonyl (C=O) groups excluding carboxylic acids is 2. The van der Waals surface area contributed by atoms with Crippen LogP contribution in [0.15, 0.2) is 65.0 Å². The van der Waals surface area contributed by atoms with Gasteiger partial charge in [0.05, 0.1) is 53.6 Å². The maximum atomic E-state index is 13.5. The molecular formula is C30H35Cl2N3O5. The molecular weight excluding hydrogens is 553 g/mol. The number of dihydropyridines is 1. The third-order valence-electron chi connectivity index (χ3n) is 7.33. The molecule has 40 heavy (non-hydrogen) atoms. The first-order valence-corrected chi connectivity index (χ1v) is 14.0. The molecule has 0 saturated carbocycles. The number of nitrogens with one attached hydrogen (secondary N) is 1. The molecule has 10 heteroatoms. The number of anilines is 1. The highest BCUT2D eigenvalue weighted by atomic mass is 35.5. The SMILES string of the molecule is COC(=O)C1=C(C)NC(C)=C(C(=O)OCCCN2CCN(c3ccccc3OC)CC2)C1c1cccc(Cl)c1Cl. The van der Waals surface area contributed by atoms with Gasteiger partial charge in [0.2, 0.25) is 0 Å². The molecule has 2 heterocycles. The number of nitrogens with zero attached hydrogens (tertiary/aromatic N) is 2. The first-order chi connectivity index (χ1) is 19.3. The van der Waals surface area contributed by atoms with Gasteiger partial charge in [-0.2, -0.15) is 0 Å². The molecule has 1 saturated heterocycles. The van der Waals surface area contributed by atoms with Crippen molar-refractivity contribution in [2.24, 2.45) is 0 Å². The normalized spacial score (nSPS) is 17.9. The summed E-state index contributed by atoms with van der Waals surface area (Å²) in [7, 11) is 3.00. The minimum atomic E-state index is -0.782. The summed E-state index contributed by atoms with van der Waals surface area (Å²) in [6.07, 6.45) is 0.682. The number of ether oxygens (including phenoxy) is 3. The number of hydrogen-bond acceptors (Lipinski definition) is 8. The summed E-state index contributed by atoms with van der Waals surface area (Å²) in [6.45, 7) is 8.18. The second-order valence-electron chi connectivity index (χ2n) is 9.76. The Kier molecular flexibility index (Phi) is 10.0. The summed E-state index contributed by atoms with van der Waals surface area (Å²) >= 11 is 12.9. The van der Waals surface area contributed by atoms with Gasteiger partial charge in [-0.05, 0) is 44.0 Å². The lowest BCUT2D eigenvalue weighted by molar-refractivity contribution is -0.139. The fraction of sp³-hybridized carbons (Fsp3) is 0.400. The van der Waals surface area contributed by atoms with E-state index in [9.17, 15) is 9.59 Å². The van der Waals surface area contributed by atoms with Crippen molar-refractivity contribution in [3.8, 4) is 5.75 Å². The van der Waals surface area contributed by atoms with Crippen molar-refractivity contribution in [2.75, 3.05) is 58.5 Å². The van der Waals surface area contributed by atoms with E-state index in [1.807, 2.05) is 18.2 Å². The van der Waals surface area contributed by atoms with Gasteiger partial charge in [0.25, 0.3) is 0 Å². The van der Waals surface area contributed by atoms with Gasteiger partial charge < -0.3 is 24.4 Å². The largest absolute Gasteiger partial charge is 0.495 e. The Labute approximate surface area is 245 Å². The van der Waals surface area contributed by atoms with Crippen LogP contribution in [0.1, 0.15) is 31.7 Å². The molecule has 8 nitrogen and oxygen atoms in total. The monoisotopic (exact) mass is 587 g/mol. The van der Waals surface area contributed by atoms with Crippen LogP contribution in [-0.2, 0) is 19.1 Å². The van der Waals surface area contributed by atoms with Crippen molar-refractivity contribution in [3.05, 3.63) is 80.6 Å². The Morgan fingerprint density at radius 3 is 2.27 bits per heavy atom. The van der Waals surface area contributed by atoms with E-state index in [1.54, 1.807) is 39.2 Å². The first-order valence-electron chi connectivity index (χ1n) is 13.2. The summed E-state index contributed by atoms with van der Waals surface area (Å²) < 4.78 is 16.3. The topological polar surface area (TPSA) is 80.3 Å². The molecule has 1 fully saturated rings. The summed E-state index contributed by atoms with van der Waals surface area (Å²) in [4.78, 5) is 31.0. The fourth-order valence-electron chi connectivity index (χ4n) is 5.33. The first kappa shape index (κ1) is 29.8. The van der Waals surface area contributed by atoms with Crippen LogP contribution >= 0.6 is 23.2 Å². The Bertz CT molecular complexity index is 1320. The molecule has 0 radical (unpaired) electrons. The summed E-state index contributed by atoms with van der Waals surface area (Å²) in [5.41, 5.74) is 3.40. The predicted octanol–water partition coefficient (Wildman–Crippen LogP) is 5.17. The van der Waals surface area contributed by atoms with Crippen LogP contribution in [0.4, 0.5) is 5.69 Å². The number of hydrogen-bond donors (Lipinski definition) is 1. The molecule has 0 amide bonds. The number of allylic oxidation sites excluding steroid dienone is 2. The minimum absolute atomic E-state index is 0.245. The summed E-state index contributed by atoms with van der Waals surface area (Å²) in [6, 6.07) is 13.2. The van der Waals surface area contributed by atoms with Crippen LogP contribution in [0, 0.1) is 0 Å². The summed E-state index contributed by atoms with van der Waals surface area (Å²) in [5.74, 6) is -0.977. The van der Waals surface area contributed by atoms with E-state index in [0.717, 1.165) is 44.2 Å². The van der Waals surface area contributed by atoms with Crippen molar-refractivity contribution in [1.29, 1.82) is 0 Å². The molecule has 2 aromatic rings. The van der Waals surface area contributed by atoms with Crippen LogP contribution < -0.4 is 15.0 Å². The molecule has 1 atom stereocenters. The van der Waals surface area contributed by atoms with E-state index < -0.39 is 17.9 Å². The average molecular weight is 589 g/mol. The van der Waals surface area contributed by atoms with Crippen LogP contribution in [0.2, 0.25) is 10.0 Å². The van der Waals surface area contributed by atoms with E-state index in [1.165, 1.54) is 7.11 Å². The van der Waals surface area contributed by atoms with Gasteiger partial charge in [0, 0.05) is 44.1 Å². The van der Waals surface area contributed by atoms with Gasteiger partial charge in [-0.15, -0.1) is 0 Å². The van der Waals surface area contributed by atoms with Crippen molar-refractivity contribution in [2.45, 2.75) is 26.2 Å². The van der Waals surface area contributed by atoms with E-state index in [4.69, 9.17) is 37.4 Å². The quantitative estimate of drug-likeness (QED) is 0.318. The highest BCUT2D eigenvalue weighted by molar-refractivity contribution is 6.42. The van der Waals surface area contributed by atoms with Crippen molar-refractivity contribution < 1.29 is 23.8 Å². The number of esters is 2. The molecule has 0 bridgehead atoms. The van der Waals surface area contributed by atoms with Crippen LogP contribution in [-0.4, -0.2) is 70.4 Å². The molecule has 1 N–H and O–H groups in total. The Hall–Kier alpha value is -3.20. The molecule has 1 unspecified atom stereocenters. The second kappa shape index (κ2) is 13.4. The lowest BCUT2D eigenvalue weighted by atomic mass is 9.80. The third-order valence-corrected chi connectivity index (χ3v) is 8.16. The number of carbonyl (C=O) groups is 2. The number of benzene rings is 2. The van der Waals surface area contributed by atoms with E-state index in [2.05, 4.69) is 21.2 Å². The zero-order chi connectivity index (χ0) is 28.8. The second-order valence-corrected chi connectivity index (χ2v) is 10.5. The highest BCUT2D eigenvalue weighted by Crippen LogP contribution is 2.43. The Morgan fingerprint density at radius 1 is 0.925 bits per heavy atom. The molecule has 2 aromatic carbocycles. The molecule has 0 spiro atoms. The third kappa shape index (κ3) is 6.40. The van der Waals surface area contributed by atoms with Crippen LogP contribution in [0.5, 0.6) is 5.75 Å². The highest BCUT2D eigenvalue weighted by Gasteiger charge is 2.39. The molecule has 0 aromatic heterocycles. The lowest BCUT2D eigenvalue weighted by Gasteiger charge is -2.36. The fourth-order valence-corrected chi connectivity index (χ4v) is 5.75. The Balaban J connectivity index is 1.39. The number of halogens is 2. The smallest absolute Gasteiger partial charge is 0.336 e. The molecule has 214 valence electrons. The van der Waals surface area contributed by atoms with Crippen molar-refractivity contribution in [1.82, 2.24) is 10.2 Å². The number of piperazine rings is 1. The van der Waals surface area contributed by atoms with Gasteiger partial charge in [0.15, 0.2) is 0 Å². The van der Waals surface area contributed by atoms with Crippen molar-refractivity contribution >= 4 is 40.8 Å². The van der Waals surface area contributed by atoms with Gasteiger partial charge in [0.1, 0.15) is 5.75 Å². The number of rotatable bonds is 9. The average Bonchev–Trinajstić information content (AvgIpc) is 2.96. The number of para-hydroxylation sites is 2. The van der Waals surface area contributed by atoms with Crippen LogP contribution in [0.3, 0.4) is 0 Å². The maximum absolute atomic E-state index is 13.5. The number of methoxy groups -OCH3 is 2. The minimum Gasteiger partial charge on any atom is -0.495 e. The lowest BCUT2D eigenvalue weighted by Crippen LogP contribution is -2.46. The van der Waals surface area contributed by atoms with Gasteiger partial charge >= 0.3 is 11.9 Å². The molecule has 0 aliphatic carbocycles. The predicted molar refractivity (Wildman–Crippen MR) is 157 cm³/mol. The molecule has 2 aliphatic rings. The van der Waals surface area contributed by atoms with Gasteiger partial charge in [-0.1, -0.05) is 47.5 Å². The van der Waals surface area contributed by atoms with Crippen LogP contribution in [0.25, 0.3) is 0 Å².